The number of nitrogens with zero attached hydrogens (tertiary/aromatic N) is 1. The second-order valence-corrected chi connectivity index (χ2v) is 5.20. The van der Waals surface area contributed by atoms with E-state index in [2.05, 4.69) is 30.1 Å². The highest BCUT2D eigenvalue weighted by molar-refractivity contribution is 5.41. The van der Waals surface area contributed by atoms with Crippen LogP contribution in [0.25, 0.3) is 0 Å². The molecule has 0 amide bonds. The predicted molar refractivity (Wildman–Crippen MR) is 68.2 cm³/mol. The van der Waals surface area contributed by atoms with Crippen LogP contribution < -0.4 is 10.5 Å². The Kier molecular flexibility index (Phi) is 2.81. The van der Waals surface area contributed by atoms with Gasteiger partial charge in [0.05, 0.1) is 6.61 Å². The first kappa shape index (κ1) is 11.1. The minimum atomic E-state index is 0.258. The summed E-state index contributed by atoms with van der Waals surface area (Å²) in [6.45, 7) is 1.97. The lowest BCUT2D eigenvalue weighted by molar-refractivity contribution is 0.163. The van der Waals surface area contributed by atoms with E-state index in [1.54, 1.807) is 0 Å². The molecule has 2 N–H and O–H groups in total. The zero-order valence-corrected chi connectivity index (χ0v) is 10.4. The Bertz CT molecular complexity index is 409. The van der Waals surface area contributed by atoms with Gasteiger partial charge < -0.3 is 10.5 Å². The van der Waals surface area contributed by atoms with Crippen molar-refractivity contribution in [2.24, 2.45) is 5.73 Å². The van der Waals surface area contributed by atoms with Crippen molar-refractivity contribution >= 4 is 0 Å². The summed E-state index contributed by atoms with van der Waals surface area (Å²) in [7, 11) is 2.17. The summed E-state index contributed by atoms with van der Waals surface area (Å²) in [5, 5.41) is 0. The van der Waals surface area contributed by atoms with Crippen LogP contribution in [0.2, 0.25) is 0 Å². The standard InChI is InChI=1S/C14H20N2O/c1-16-7-2-3-12(15)14(16)11-4-5-13-10(9-11)6-8-17-13/h4-5,9,12,14H,2-3,6-8,15H2,1H3. The average molecular weight is 232 g/mol. The van der Waals surface area contributed by atoms with Crippen molar-refractivity contribution in [2.75, 3.05) is 20.2 Å². The second-order valence-electron chi connectivity index (χ2n) is 5.20. The van der Waals surface area contributed by atoms with Crippen LogP contribution in [0, 0.1) is 0 Å². The van der Waals surface area contributed by atoms with Gasteiger partial charge in [0, 0.05) is 18.5 Å². The molecule has 0 aliphatic carbocycles. The third kappa shape index (κ3) is 1.94. The normalized spacial score (nSPS) is 28.8. The van der Waals surface area contributed by atoms with E-state index in [1.807, 2.05) is 0 Å². The molecule has 3 rings (SSSR count). The van der Waals surface area contributed by atoms with Crippen molar-refractivity contribution in [3.8, 4) is 5.75 Å². The number of benzene rings is 1. The maximum Gasteiger partial charge on any atom is 0.122 e. The van der Waals surface area contributed by atoms with Crippen LogP contribution in [0.1, 0.15) is 30.0 Å². The fourth-order valence-corrected chi connectivity index (χ4v) is 3.09. The van der Waals surface area contributed by atoms with Crippen molar-refractivity contribution < 1.29 is 4.74 Å². The molecule has 1 saturated heterocycles. The van der Waals surface area contributed by atoms with Gasteiger partial charge in [-0.15, -0.1) is 0 Å². The second kappa shape index (κ2) is 4.31. The monoisotopic (exact) mass is 232 g/mol. The molecule has 17 heavy (non-hydrogen) atoms. The summed E-state index contributed by atoms with van der Waals surface area (Å²) in [5.74, 6) is 1.06. The van der Waals surface area contributed by atoms with Crippen molar-refractivity contribution in [1.29, 1.82) is 0 Å². The van der Waals surface area contributed by atoms with Crippen molar-refractivity contribution in [1.82, 2.24) is 4.90 Å². The zero-order valence-electron chi connectivity index (χ0n) is 10.4. The maximum atomic E-state index is 6.27. The summed E-state index contributed by atoms with van der Waals surface area (Å²) in [6, 6.07) is 7.20. The van der Waals surface area contributed by atoms with Crippen LogP contribution in [0.3, 0.4) is 0 Å². The number of fused-ring (bicyclic) bond motifs is 1. The van der Waals surface area contributed by atoms with Gasteiger partial charge in [-0.2, -0.15) is 0 Å². The summed E-state index contributed by atoms with van der Waals surface area (Å²) < 4.78 is 5.55. The number of hydrogen-bond acceptors (Lipinski definition) is 3. The number of rotatable bonds is 1. The van der Waals surface area contributed by atoms with E-state index in [4.69, 9.17) is 10.5 Å². The van der Waals surface area contributed by atoms with Gasteiger partial charge in [-0.3, -0.25) is 4.90 Å². The van der Waals surface area contributed by atoms with Gasteiger partial charge in [-0.1, -0.05) is 12.1 Å². The smallest absolute Gasteiger partial charge is 0.122 e. The molecular formula is C14H20N2O. The molecule has 0 aromatic heterocycles. The van der Waals surface area contributed by atoms with E-state index in [0.29, 0.717) is 6.04 Å². The van der Waals surface area contributed by atoms with E-state index < -0.39 is 0 Å². The number of likely N-dealkylation sites (N-methyl/N-ethyl adjacent to an activating group) is 1. The average Bonchev–Trinajstić information content (AvgIpc) is 2.76. The zero-order chi connectivity index (χ0) is 11.8. The highest BCUT2D eigenvalue weighted by atomic mass is 16.5. The lowest BCUT2D eigenvalue weighted by Gasteiger charge is -2.37. The quantitative estimate of drug-likeness (QED) is 0.801. The lowest BCUT2D eigenvalue weighted by atomic mass is 9.90. The topological polar surface area (TPSA) is 38.5 Å². The molecule has 1 fully saturated rings. The Morgan fingerprint density at radius 2 is 2.29 bits per heavy atom. The van der Waals surface area contributed by atoms with Crippen LogP contribution >= 0.6 is 0 Å². The van der Waals surface area contributed by atoms with Gasteiger partial charge in [-0.25, -0.2) is 0 Å². The predicted octanol–water partition coefficient (Wildman–Crippen LogP) is 1.72. The fourth-order valence-electron chi connectivity index (χ4n) is 3.09. The van der Waals surface area contributed by atoms with Crippen LogP contribution in [0.15, 0.2) is 18.2 Å². The third-order valence-electron chi connectivity index (χ3n) is 3.98. The van der Waals surface area contributed by atoms with E-state index in [-0.39, 0.29) is 6.04 Å². The van der Waals surface area contributed by atoms with Crippen molar-refractivity contribution in [2.45, 2.75) is 31.3 Å². The third-order valence-corrected chi connectivity index (χ3v) is 3.98. The first-order chi connectivity index (χ1) is 8.25. The molecule has 0 saturated carbocycles. The van der Waals surface area contributed by atoms with Gasteiger partial charge in [0.1, 0.15) is 5.75 Å². The van der Waals surface area contributed by atoms with Crippen LogP contribution in [0.4, 0.5) is 0 Å². The molecule has 0 radical (unpaired) electrons. The van der Waals surface area contributed by atoms with Crippen molar-refractivity contribution in [3.63, 3.8) is 0 Å². The van der Waals surface area contributed by atoms with Crippen LogP contribution in [0.5, 0.6) is 5.75 Å². The molecule has 2 aliphatic rings. The summed E-state index contributed by atoms with van der Waals surface area (Å²) >= 11 is 0. The number of likely N-dealkylation sites (tertiary alicyclic amines) is 1. The Hall–Kier alpha value is -1.06. The van der Waals surface area contributed by atoms with Gasteiger partial charge in [0.2, 0.25) is 0 Å². The van der Waals surface area contributed by atoms with Gasteiger partial charge in [0.25, 0.3) is 0 Å². The molecule has 0 spiro atoms. The molecule has 1 aromatic carbocycles. The number of piperidine rings is 1. The molecule has 2 heterocycles. The van der Waals surface area contributed by atoms with E-state index >= 15 is 0 Å². The SMILES string of the molecule is CN1CCCC(N)C1c1ccc2c(c1)CCO2. The maximum absolute atomic E-state index is 6.27. The first-order valence-electron chi connectivity index (χ1n) is 6.47. The molecule has 1 aromatic rings. The van der Waals surface area contributed by atoms with Gasteiger partial charge in [0.15, 0.2) is 0 Å². The molecule has 2 aliphatic heterocycles. The molecule has 2 unspecified atom stereocenters. The Labute approximate surface area is 103 Å². The highest BCUT2D eigenvalue weighted by Gasteiger charge is 2.28. The molecular weight excluding hydrogens is 212 g/mol. The number of nitrogens with two attached hydrogens (primary N) is 1. The lowest BCUT2D eigenvalue weighted by Crippen LogP contribution is -2.43. The number of ether oxygens (including phenoxy) is 1. The molecule has 0 bridgehead atoms. The minimum Gasteiger partial charge on any atom is -0.493 e. The number of hydrogen-bond donors (Lipinski definition) is 1. The highest BCUT2D eigenvalue weighted by Crippen LogP contribution is 2.33. The summed E-state index contributed by atoms with van der Waals surface area (Å²) in [6.07, 6.45) is 3.37. The molecule has 2 atom stereocenters. The summed E-state index contributed by atoms with van der Waals surface area (Å²) in [5.41, 5.74) is 8.97. The first-order valence-corrected chi connectivity index (χ1v) is 6.47. The Balaban J connectivity index is 1.92. The van der Waals surface area contributed by atoms with Crippen LogP contribution in [-0.2, 0) is 6.42 Å². The molecule has 3 nitrogen and oxygen atoms in total. The van der Waals surface area contributed by atoms with E-state index in [9.17, 15) is 0 Å². The Morgan fingerprint density at radius 1 is 1.41 bits per heavy atom. The molecule has 3 heteroatoms. The van der Waals surface area contributed by atoms with E-state index in [1.165, 1.54) is 17.5 Å². The van der Waals surface area contributed by atoms with Gasteiger partial charge in [-0.05, 0) is 43.6 Å². The minimum absolute atomic E-state index is 0.258. The largest absolute Gasteiger partial charge is 0.493 e. The van der Waals surface area contributed by atoms with Gasteiger partial charge >= 0.3 is 0 Å². The Morgan fingerprint density at radius 3 is 3.12 bits per heavy atom. The van der Waals surface area contributed by atoms with Crippen LogP contribution in [-0.4, -0.2) is 31.1 Å². The van der Waals surface area contributed by atoms with Crippen molar-refractivity contribution in [3.05, 3.63) is 29.3 Å². The molecule has 92 valence electrons. The summed E-state index contributed by atoms with van der Waals surface area (Å²) in [4.78, 5) is 2.38. The fraction of sp³-hybridized carbons (Fsp3) is 0.571. The van der Waals surface area contributed by atoms with E-state index in [0.717, 1.165) is 31.7 Å².